The summed E-state index contributed by atoms with van der Waals surface area (Å²) in [5.41, 5.74) is 13.5. The van der Waals surface area contributed by atoms with Crippen molar-refractivity contribution in [3.05, 3.63) is 121 Å². The maximum atomic E-state index is 12.9. The molecule has 0 saturated carbocycles. The number of pyridine rings is 1. The first kappa shape index (κ1) is 23.0. The number of anilines is 1. The molecule has 5 aromatic rings. The maximum absolute atomic E-state index is 12.9. The second-order valence-electron chi connectivity index (χ2n) is 8.17. The lowest BCUT2D eigenvalue weighted by Gasteiger charge is -2.23. The monoisotopic (exact) mass is 475 g/mol. The number of nitrogens with one attached hydrogen (secondary N) is 1. The number of carbonyl (C=O) groups excluding carboxylic acids is 1. The molecule has 0 fully saturated rings. The molecule has 1 heterocycles. The summed E-state index contributed by atoms with van der Waals surface area (Å²) in [6.07, 6.45) is -0.187. The lowest BCUT2D eigenvalue weighted by Crippen LogP contribution is -2.44. The lowest BCUT2D eigenvalue weighted by molar-refractivity contribution is 0.0716. The topological polar surface area (TPSA) is 106 Å². The third-order valence-electron chi connectivity index (χ3n) is 5.88. The van der Waals surface area contributed by atoms with E-state index in [-0.39, 0.29) is 0 Å². The van der Waals surface area contributed by atoms with E-state index in [9.17, 15) is 4.79 Å². The fourth-order valence-electron chi connectivity index (χ4n) is 4.19. The normalized spacial score (nSPS) is 11.6. The van der Waals surface area contributed by atoms with Crippen molar-refractivity contribution in [1.29, 1.82) is 0 Å². The van der Waals surface area contributed by atoms with E-state index in [4.69, 9.17) is 16.3 Å². The molecule has 0 saturated heterocycles. The van der Waals surface area contributed by atoms with E-state index in [1.54, 1.807) is 6.20 Å². The van der Waals surface area contributed by atoms with Gasteiger partial charge in [-0.3, -0.25) is 11.2 Å². The third-order valence-corrected chi connectivity index (χ3v) is 5.88. The maximum Gasteiger partial charge on any atom is 0.445 e. The first-order valence-corrected chi connectivity index (χ1v) is 11.5. The van der Waals surface area contributed by atoms with E-state index >= 15 is 0 Å². The number of aromatic nitrogens is 1. The average molecular weight is 476 g/mol. The molecule has 4 aromatic carbocycles. The summed E-state index contributed by atoms with van der Waals surface area (Å²) in [6, 6.07) is 35.1. The fraction of sp³-hybridized carbons (Fsp3) is 0.0345. The van der Waals surface area contributed by atoms with Crippen LogP contribution in [0.15, 0.2) is 115 Å². The summed E-state index contributed by atoms with van der Waals surface area (Å²) in [4.78, 5) is 17.3. The van der Waals surface area contributed by atoms with Gasteiger partial charge in [0.05, 0.1) is 0 Å². The van der Waals surface area contributed by atoms with Crippen molar-refractivity contribution in [3.63, 3.8) is 0 Å². The van der Waals surface area contributed by atoms with Gasteiger partial charge in [0, 0.05) is 17.3 Å². The zero-order valence-electron chi connectivity index (χ0n) is 19.4. The molecule has 178 valence electrons. The van der Waals surface area contributed by atoms with Crippen LogP contribution in [0, 0.1) is 0 Å². The molecule has 1 amide bonds. The molecule has 5 rings (SSSR count). The molecule has 5 N–H and O–H groups in total. The van der Waals surface area contributed by atoms with E-state index < -0.39 is 12.3 Å². The molecule has 7 nitrogen and oxygen atoms in total. The molecule has 0 aliphatic carbocycles. The summed E-state index contributed by atoms with van der Waals surface area (Å²) < 4.78 is 5.49. The molecule has 36 heavy (non-hydrogen) atoms. The molecular formula is C29H25N5O2. The smallest absolute Gasteiger partial charge is 0.424 e. The van der Waals surface area contributed by atoms with E-state index in [0.717, 1.165) is 38.1 Å². The lowest BCUT2D eigenvalue weighted by atomic mass is 9.95. The molecule has 0 aliphatic rings. The Morgan fingerprint density at radius 3 is 2.19 bits per heavy atom. The Hall–Kier alpha value is -4.72. The average Bonchev–Trinajstić information content (AvgIpc) is 2.93. The van der Waals surface area contributed by atoms with Crippen LogP contribution in [0.25, 0.3) is 33.0 Å². The minimum absolute atomic E-state index is 0.403. The number of hydrazine groups is 2. The number of nitrogens with zero attached hydrogens (tertiary/aromatic N) is 2. The van der Waals surface area contributed by atoms with Crippen molar-refractivity contribution in [2.24, 2.45) is 11.6 Å². The van der Waals surface area contributed by atoms with Crippen molar-refractivity contribution in [1.82, 2.24) is 10.1 Å². The number of carbonyl (C=O) groups is 1. The minimum atomic E-state index is -1.01. The van der Waals surface area contributed by atoms with Crippen LogP contribution in [-0.2, 0) is 4.74 Å². The number of hydrogen-bond acceptors (Lipinski definition) is 6. The Morgan fingerprint density at radius 2 is 1.44 bits per heavy atom. The molecule has 0 spiro atoms. The van der Waals surface area contributed by atoms with Crippen LogP contribution in [-0.4, -0.2) is 16.2 Å². The highest BCUT2D eigenvalue weighted by atomic mass is 16.6. The van der Waals surface area contributed by atoms with Gasteiger partial charge in [-0.25, -0.2) is 15.6 Å². The Bertz CT molecular complexity index is 1490. The van der Waals surface area contributed by atoms with Gasteiger partial charge in [-0.1, -0.05) is 103 Å². The van der Waals surface area contributed by atoms with Gasteiger partial charge in [-0.15, -0.1) is 5.12 Å². The number of benzene rings is 4. The van der Waals surface area contributed by atoms with E-state index in [1.165, 1.54) is 0 Å². The largest absolute Gasteiger partial charge is 0.445 e. The van der Waals surface area contributed by atoms with Gasteiger partial charge in [0.25, 0.3) is 0 Å². The van der Waals surface area contributed by atoms with Gasteiger partial charge in [-0.2, -0.15) is 0 Å². The Morgan fingerprint density at radius 1 is 0.806 bits per heavy atom. The number of fused-ring (bicyclic) bond motifs is 1. The van der Waals surface area contributed by atoms with Crippen molar-refractivity contribution in [2.75, 3.05) is 5.43 Å². The van der Waals surface area contributed by atoms with Gasteiger partial charge in [0.1, 0.15) is 0 Å². The highest BCUT2D eigenvalue weighted by Crippen LogP contribution is 2.36. The van der Waals surface area contributed by atoms with Crippen molar-refractivity contribution in [2.45, 2.75) is 6.23 Å². The van der Waals surface area contributed by atoms with Gasteiger partial charge < -0.3 is 4.74 Å². The predicted molar refractivity (Wildman–Crippen MR) is 142 cm³/mol. The summed E-state index contributed by atoms with van der Waals surface area (Å²) in [5.74, 6) is 6.48. The minimum Gasteiger partial charge on any atom is -0.424 e. The Kier molecular flexibility index (Phi) is 6.57. The van der Waals surface area contributed by atoms with E-state index in [1.807, 2.05) is 109 Å². The van der Waals surface area contributed by atoms with Crippen molar-refractivity contribution < 1.29 is 9.53 Å². The second kappa shape index (κ2) is 10.3. The first-order valence-electron chi connectivity index (χ1n) is 11.5. The summed E-state index contributed by atoms with van der Waals surface area (Å²) in [6.45, 7) is 0. The number of ether oxygens (including phenoxy) is 1. The molecule has 7 heteroatoms. The molecule has 0 aliphatic heterocycles. The summed E-state index contributed by atoms with van der Waals surface area (Å²) in [7, 11) is 0. The fourth-order valence-corrected chi connectivity index (χ4v) is 4.19. The number of nitrogens with two attached hydrogens (primary N) is 2. The molecule has 1 unspecified atom stereocenters. The molecule has 1 atom stereocenters. The van der Waals surface area contributed by atoms with Crippen LogP contribution in [0.2, 0.25) is 0 Å². The Labute approximate surface area is 208 Å². The summed E-state index contributed by atoms with van der Waals surface area (Å²) >= 11 is 0. The van der Waals surface area contributed by atoms with Gasteiger partial charge >= 0.3 is 6.09 Å². The number of rotatable bonds is 6. The molecule has 0 bridgehead atoms. The molecular weight excluding hydrogens is 450 g/mol. The highest BCUT2D eigenvalue weighted by molar-refractivity contribution is 5.90. The van der Waals surface area contributed by atoms with E-state index in [0.29, 0.717) is 11.4 Å². The summed E-state index contributed by atoms with van der Waals surface area (Å²) in [5, 5.41) is 2.66. The van der Waals surface area contributed by atoms with Crippen LogP contribution >= 0.6 is 0 Å². The van der Waals surface area contributed by atoms with Crippen molar-refractivity contribution in [3.8, 4) is 22.3 Å². The highest BCUT2D eigenvalue weighted by Gasteiger charge is 2.21. The van der Waals surface area contributed by atoms with Crippen LogP contribution in [0.1, 0.15) is 11.8 Å². The van der Waals surface area contributed by atoms with Gasteiger partial charge in [-0.05, 0) is 33.5 Å². The number of amides is 1. The van der Waals surface area contributed by atoms with Gasteiger partial charge in [0.15, 0.2) is 12.0 Å². The zero-order chi connectivity index (χ0) is 24.9. The van der Waals surface area contributed by atoms with E-state index in [2.05, 4.69) is 10.4 Å². The van der Waals surface area contributed by atoms with Crippen LogP contribution in [0.5, 0.6) is 0 Å². The third kappa shape index (κ3) is 4.74. The SMILES string of the molecule is NC(OC(=O)N(N)Nc1nccc(-c2ccccc2)c1-c1ccccc1)c1cccc2ccccc12. The molecule has 0 radical (unpaired) electrons. The number of hydrogen-bond donors (Lipinski definition) is 3. The Balaban J connectivity index is 1.42. The first-order chi connectivity index (χ1) is 17.6. The zero-order valence-corrected chi connectivity index (χ0v) is 19.4. The quantitative estimate of drug-likeness (QED) is 0.123. The van der Waals surface area contributed by atoms with Crippen LogP contribution in [0.3, 0.4) is 0 Å². The standard InChI is InChI=1S/C29H25N5O2/c30-27(25-17-9-15-20-12-7-8-16-23(20)25)36-29(35)34(31)33-28-26(22-13-5-2-6-14-22)24(18-19-32-28)21-10-3-1-4-11-21/h1-19,27H,30-31H2,(H,32,33). The van der Waals surface area contributed by atoms with Crippen molar-refractivity contribution >= 4 is 22.7 Å². The van der Waals surface area contributed by atoms with Crippen LogP contribution in [0.4, 0.5) is 10.6 Å². The molecule has 1 aromatic heterocycles. The second-order valence-corrected chi connectivity index (χ2v) is 8.17. The predicted octanol–water partition coefficient (Wildman–Crippen LogP) is 5.87. The van der Waals surface area contributed by atoms with Crippen LogP contribution < -0.4 is 17.0 Å². The van der Waals surface area contributed by atoms with Gasteiger partial charge in [0.2, 0.25) is 0 Å².